The number of hydrogen-bond acceptors (Lipinski definition) is 2. The first-order chi connectivity index (χ1) is 17.6. The van der Waals surface area contributed by atoms with Gasteiger partial charge in [-0.1, -0.05) is 20.8 Å². The fourth-order valence-electron chi connectivity index (χ4n) is 9.55. The highest BCUT2D eigenvalue weighted by molar-refractivity contribution is 5.09. The number of fused-ring (bicyclic) bond motifs is 5. The van der Waals surface area contributed by atoms with Gasteiger partial charge in [0.15, 0.2) is 0 Å². The lowest BCUT2D eigenvalue weighted by Crippen LogP contribution is -2.56. The molecular weight excluding hydrogens is 494 g/mol. The molecule has 4 rings (SSSR count). The first-order valence-electron chi connectivity index (χ1n) is 15.0. The molecule has 2 nitrogen and oxygen atoms in total. The fourth-order valence-corrected chi connectivity index (χ4v) is 9.55. The van der Waals surface area contributed by atoms with Crippen molar-refractivity contribution in [1.82, 2.24) is 0 Å². The SMILES string of the molecule is [2H]COC1CCC2(C)C(CCC3C2CCC2(C)C(C(C)CCCOC(C)(C(F)(F)F)C(F)(F)F)CCC32)C1. The van der Waals surface area contributed by atoms with E-state index >= 15 is 0 Å². The summed E-state index contributed by atoms with van der Waals surface area (Å²) >= 11 is 0. The molecule has 0 heterocycles. The van der Waals surface area contributed by atoms with Gasteiger partial charge in [0, 0.05) is 13.7 Å². The van der Waals surface area contributed by atoms with Crippen LogP contribution in [0, 0.1) is 46.3 Å². The van der Waals surface area contributed by atoms with Gasteiger partial charge in [0.1, 0.15) is 0 Å². The summed E-state index contributed by atoms with van der Waals surface area (Å²) in [6.45, 7) is 6.57. The second kappa shape index (κ2) is 10.2. The summed E-state index contributed by atoms with van der Waals surface area (Å²) in [5.74, 6) is 3.39. The monoisotopic (exact) mass is 541 g/mol. The number of halogens is 6. The molecule has 0 N–H and O–H groups in total. The number of hydrogen-bond donors (Lipinski definition) is 0. The smallest absolute Gasteiger partial charge is 0.381 e. The Hall–Kier alpha value is -0.500. The fraction of sp³-hybridized carbons (Fsp3) is 1.00. The molecule has 0 radical (unpaired) electrons. The van der Waals surface area contributed by atoms with Gasteiger partial charge in [-0.15, -0.1) is 0 Å². The lowest BCUT2D eigenvalue weighted by Gasteiger charge is -2.61. The topological polar surface area (TPSA) is 18.5 Å². The van der Waals surface area contributed by atoms with Crippen LogP contribution in [-0.2, 0) is 9.47 Å². The summed E-state index contributed by atoms with van der Waals surface area (Å²) < 4.78 is 96.4. The first kappa shape index (κ1) is 28.0. The molecule has 4 fully saturated rings. The lowest BCUT2D eigenvalue weighted by molar-refractivity contribution is -0.374. The van der Waals surface area contributed by atoms with Crippen molar-refractivity contribution in [2.45, 2.75) is 122 Å². The zero-order valence-electron chi connectivity index (χ0n) is 23.8. The van der Waals surface area contributed by atoms with Crippen LogP contribution in [0.15, 0.2) is 0 Å². The standard InChI is InChI=1S/C29H46F6O2/c1-18(7-6-16-37-27(4,28(30,31)32)29(33,34)35)22-10-11-23-21-9-8-19-17-20(36-5)12-14-25(19,2)24(21)13-15-26(22,23)3/h18-24H,6-17H2,1-5H3/i5D. The van der Waals surface area contributed by atoms with Crippen LogP contribution in [0.3, 0.4) is 0 Å². The van der Waals surface area contributed by atoms with Gasteiger partial charge in [0.25, 0.3) is 5.60 Å². The summed E-state index contributed by atoms with van der Waals surface area (Å²) in [4.78, 5) is 0. The molecule has 4 saturated carbocycles. The van der Waals surface area contributed by atoms with Crippen LogP contribution in [0.25, 0.3) is 0 Å². The molecule has 9 atom stereocenters. The van der Waals surface area contributed by atoms with Gasteiger partial charge >= 0.3 is 12.4 Å². The summed E-state index contributed by atoms with van der Waals surface area (Å²) in [7, 11) is 0.0380. The molecule has 4 aliphatic carbocycles. The Kier molecular flexibility index (Phi) is 7.70. The van der Waals surface area contributed by atoms with E-state index in [2.05, 4.69) is 25.5 Å². The maximum Gasteiger partial charge on any atom is 0.426 e. The zero-order chi connectivity index (χ0) is 28.1. The molecule has 0 saturated heterocycles. The van der Waals surface area contributed by atoms with Crippen molar-refractivity contribution in [3.8, 4) is 0 Å². The predicted octanol–water partition coefficient (Wildman–Crippen LogP) is 8.98. The van der Waals surface area contributed by atoms with Gasteiger partial charge in [0.05, 0.1) is 7.47 Å². The van der Waals surface area contributed by atoms with Gasteiger partial charge < -0.3 is 9.47 Å². The number of rotatable bonds is 7. The summed E-state index contributed by atoms with van der Waals surface area (Å²) in [5.41, 5.74) is -3.62. The maximum atomic E-state index is 13.1. The molecular formula is C29H46F6O2. The van der Waals surface area contributed by atoms with E-state index in [-0.39, 0.29) is 37.9 Å². The molecule has 0 aromatic rings. The van der Waals surface area contributed by atoms with Crippen LogP contribution in [-0.4, -0.2) is 37.8 Å². The summed E-state index contributed by atoms with van der Waals surface area (Å²) in [5, 5.41) is 0. The molecule has 216 valence electrons. The summed E-state index contributed by atoms with van der Waals surface area (Å²) in [6, 6.07) is 0. The molecule has 0 aliphatic heterocycles. The van der Waals surface area contributed by atoms with Gasteiger partial charge in [-0.2, -0.15) is 26.3 Å². The highest BCUT2D eigenvalue weighted by Crippen LogP contribution is 2.68. The zero-order valence-corrected chi connectivity index (χ0v) is 22.8. The van der Waals surface area contributed by atoms with Gasteiger partial charge in [-0.05, 0) is 124 Å². The molecule has 0 spiro atoms. The minimum atomic E-state index is -5.51. The molecule has 37 heavy (non-hydrogen) atoms. The van der Waals surface area contributed by atoms with E-state index in [9.17, 15) is 26.3 Å². The number of ether oxygens (including phenoxy) is 2. The van der Waals surface area contributed by atoms with E-state index in [4.69, 9.17) is 6.11 Å². The van der Waals surface area contributed by atoms with Crippen molar-refractivity contribution in [2.75, 3.05) is 13.7 Å². The Morgan fingerprint density at radius 3 is 2.19 bits per heavy atom. The normalized spacial score (nSPS) is 41.9. The van der Waals surface area contributed by atoms with E-state index in [0.717, 1.165) is 25.7 Å². The molecule has 9 unspecified atom stereocenters. The van der Waals surface area contributed by atoms with Crippen molar-refractivity contribution >= 4 is 0 Å². The third kappa shape index (κ3) is 4.97. The Morgan fingerprint density at radius 2 is 1.54 bits per heavy atom. The van der Waals surface area contributed by atoms with Crippen molar-refractivity contribution in [1.29, 1.82) is 0 Å². The van der Waals surface area contributed by atoms with Gasteiger partial charge in [0.2, 0.25) is 0 Å². The van der Waals surface area contributed by atoms with E-state index in [1.54, 1.807) is 0 Å². The first-order valence-corrected chi connectivity index (χ1v) is 14.3. The quantitative estimate of drug-likeness (QED) is 0.237. The largest absolute Gasteiger partial charge is 0.426 e. The number of methoxy groups -OCH3 is 1. The van der Waals surface area contributed by atoms with Crippen LogP contribution in [0.1, 0.15) is 99.7 Å². The highest BCUT2D eigenvalue weighted by atomic mass is 19.4. The van der Waals surface area contributed by atoms with Crippen LogP contribution in [0.5, 0.6) is 0 Å². The molecule has 0 bridgehead atoms. The Labute approximate surface area is 220 Å². The molecule has 8 heteroatoms. The molecule has 4 aliphatic rings. The minimum Gasteiger partial charge on any atom is -0.381 e. The van der Waals surface area contributed by atoms with Crippen molar-refractivity contribution < 1.29 is 37.2 Å². The highest BCUT2D eigenvalue weighted by Gasteiger charge is 2.69. The average Bonchev–Trinajstić information content (AvgIpc) is 3.18. The molecule has 0 aromatic heterocycles. The molecule has 0 aromatic carbocycles. The van der Waals surface area contributed by atoms with Crippen molar-refractivity contribution in [3.05, 3.63) is 0 Å². The minimum absolute atomic E-state index is 0.0380. The Balaban J connectivity index is 1.35. The van der Waals surface area contributed by atoms with Crippen molar-refractivity contribution in [2.24, 2.45) is 46.3 Å². The molecule has 0 amide bonds. The Morgan fingerprint density at radius 1 is 0.892 bits per heavy atom. The second-order valence-corrected chi connectivity index (χ2v) is 13.4. The van der Waals surface area contributed by atoms with Gasteiger partial charge in [-0.25, -0.2) is 0 Å². The van der Waals surface area contributed by atoms with Crippen LogP contribution >= 0.6 is 0 Å². The second-order valence-electron chi connectivity index (χ2n) is 13.4. The van der Waals surface area contributed by atoms with E-state index in [1.807, 2.05) is 0 Å². The lowest BCUT2D eigenvalue weighted by atomic mass is 9.44. The summed E-state index contributed by atoms with van der Waals surface area (Å²) in [6.07, 6.45) is 0.333. The van der Waals surface area contributed by atoms with E-state index in [0.29, 0.717) is 41.4 Å². The van der Waals surface area contributed by atoms with Crippen molar-refractivity contribution in [3.63, 3.8) is 0 Å². The van der Waals surface area contributed by atoms with E-state index in [1.165, 1.54) is 32.1 Å². The van der Waals surface area contributed by atoms with Gasteiger partial charge in [-0.3, -0.25) is 0 Å². The number of alkyl halides is 6. The van der Waals surface area contributed by atoms with Crippen LogP contribution < -0.4 is 0 Å². The maximum absolute atomic E-state index is 13.1. The van der Waals surface area contributed by atoms with Crippen LogP contribution in [0.4, 0.5) is 26.3 Å². The average molecular weight is 542 g/mol. The van der Waals surface area contributed by atoms with E-state index < -0.39 is 24.6 Å². The predicted molar refractivity (Wildman–Crippen MR) is 131 cm³/mol. The third-order valence-electron chi connectivity index (χ3n) is 11.9. The third-order valence-corrected chi connectivity index (χ3v) is 11.9. The van der Waals surface area contributed by atoms with Crippen LogP contribution in [0.2, 0.25) is 0 Å². The Bertz CT molecular complexity index is 804.